The maximum absolute atomic E-state index is 3.78. The summed E-state index contributed by atoms with van der Waals surface area (Å²) in [6.45, 7) is 3.78. The van der Waals surface area contributed by atoms with Gasteiger partial charge < -0.3 is 12.4 Å². The Bertz CT molecular complexity index is 1450. The van der Waals surface area contributed by atoms with Crippen LogP contribution in [0.3, 0.4) is 0 Å². The van der Waals surface area contributed by atoms with Crippen molar-refractivity contribution < 1.29 is 32.8 Å². The van der Waals surface area contributed by atoms with Crippen LogP contribution in [0.2, 0.25) is 0 Å². The van der Waals surface area contributed by atoms with E-state index in [-0.39, 0.29) is 32.8 Å². The number of halogens is 1. The molecule has 6 aromatic rings. The monoisotopic (exact) mass is 757 g/mol. The van der Waals surface area contributed by atoms with E-state index in [1.807, 2.05) is 18.2 Å². The molecular formula is C43H38ClP2Pd-. The molecule has 47 heavy (non-hydrogen) atoms. The maximum atomic E-state index is 3.78. The van der Waals surface area contributed by atoms with Crippen LogP contribution in [0.25, 0.3) is 0 Å². The first-order valence-electron chi connectivity index (χ1n) is 15.2. The van der Waals surface area contributed by atoms with E-state index in [0.717, 1.165) is 6.42 Å². The van der Waals surface area contributed by atoms with Crippen LogP contribution in [0.5, 0.6) is 0 Å². The van der Waals surface area contributed by atoms with Gasteiger partial charge in [-0.05, 0) is 54.1 Å². The molecule has 0 atom stereocenters. The van der Waals surface area contributed by atoms with Gasteiger partial charge in [-0.2, -0.15) is 0 Å². The third-order valence-electron chi connectivity index (χ3n) is 7.05. The van der Waals surface area contributed by atoms with Crippen LogP contribution >= 0.6 is 15.8 Å². The molecule has 0 saturated heterocycles. The molecule has 0 heterocycles. The average Bonchev–Trinajstić information content (AvgIpc) is 3.12. The Morgan fingerprint density at radius 2 is 0.596 bits per heavy atom. The van der Waals surface area contributed by atoms with Crippen LogP contribution in [-0.2, 0) is 20.4 Å². The Morgan fingerprint density at radius 1 is 0.362 bits per heavy atom. The molecule has 0 fully saturated rings. The van der Waals surface area contributed by atoms with E-state index in [9.17, 15) is 0 Å². The molecule has 4 heteroatoms. The van der Waals surface area contributed by atoms with Gasteiger partial charge in [0.2, 0.25) is 0 Å². The van der Waals surface area contributed by atoms with Gasteiger partial charge in [0.05, 0.1) is 0 Å². The van der Waals surface area contributed by atoms with Gasteiger partial charge in [0.25, 0.3) is 0 Å². The van der Waals surface area contributed by atoms with Crippen LogP contribution in [0.15, 0.2) is 218 Å². The number of allylic oxidation sites excluding steroid dienone is 5. The molecule has 0 aromatic heterocycles. The zero-order chi connectivity index (χ0) is 30.9. The minimum atomic E-state index is -0.446. The van der Waals surface area contributed by atoms with Crippen molar-refractivity contribution in [3.8, 4) is 0 Å². The minimum absolute atomic E-state index is 0. The zero-order valence-corrected chi connectivity index (χ0v) is 30.2. The molecule has 0 bridgehead atoms. The van der Waals surface area contributed by atoms with Gasteiger partial charge in [-0.3, -0.25) is 0 Å². The quantitative estimate of drug-likeness (QED) is 0.146. The summed E-state index contributed by atoms with van der Waals surface area (Å²) in [5, 5.41) is 8.39. The van der Waals surface area contributed by atoms with Crippen molar-refractivity contribution in [3.63, 3.8) is 0 Å². The Labute approximate surface area is 303 Å². The van der Waals surface area contributed by atoms with Gasteiger partial charge in [-0.25, -0.2) is 0 Å². The molecule has 7 rings (SSSR count). The van der Waals surface area contributed by atoms with Gasteiger partial charge in [-0.1, -0.05) is 218 Å². The topological polar surface area (TPSA) is 0 Å². The first-order chi connectivity index (χ1) is 22.3. The summed E-state index contributed by atoms with van der Waals surface area (Å²) in [5.74, 6) is 0. The third-order valence-corrected chi connectivity index (χ3v) is 11.9. The van der Waals surface area contributed by atoms with Gasteiger partial charge in [0.15, 0.2) is 0 Å². The van der Waals surface area contributed by atoms with Gasteiger partial charge in [0, 0.05) is 20.4 Å². The summed E-state index contributed by atoms with van der Waals surface area (Å²) < 4.78 is 0. The van der Waals surface area contributed by atoms with Crippen LogP contribution < -0.4 is 44.2 Å². The number of benzene rings is 6. The first-order valence-corrected chi connectivity index (χ1v) is 17.9. The van der Waals surface area contributed by atoms with Crippen molar-refractivity contribution in [2.24, 2.45) is 0 Å². The molecular weight excluding hydrogens is 720 g/mol. The van der Waals surface area contributed by atoms with Gasteiger partial charge in [0.1, 0.15) is 0 Å². The summed E-state index contributed by atoms with van der Waals surface area (Å²) in [4.78, 5) is 0. The van der Waals surface area contributed by atoms with Crippen molar-refractivity contribution in [2.75, 3.05) is 0 Å². The van der Waals surface area contributed by atoms with E-state index in [0.29, 0.717) is 0 Å². The first kappa shape index (κ1) is 37.8. The average molecular weight is 759 g/mol. The molecule has 0 unspecified atom stereocenters. The maximum Gasteiger partial charge on any atom is 0 e. The van der Waals surface area contributed by atoms with Gasteiger partial charge in [-0.15, -0.1) is 0 Å². The van der Waals surface area contributed by atoms with E-state index < -0.39 is 15.8 Å². The smallest absolute Gasteiger partial charge is 0 e. The fourth-order valence-corrected chi connectivity index (χ4v) is 9.52. The predicted octanol–water partition coefficient (Wildman–Crippen LogP) is 5.95. The van der Waals surface area contributed by atoms with E-state index in [2.05, 4.69) is 195 Å². The minimum Gasteiger partial charge on any atom is -1.00 e. The Hall–Kier alpha value is -3.65. The summed E-state index contributed by atoms with van der Waals surface area (Å²) in [5.41, 5.74) is 1.20. The van der Waals surface area contributed by atoms with E-state index in [1.54, 1.807) is 0 Å². The van der Waals surface area contributed by atoms with Crippen molar-refractivity contribution in [3.05, 3.63) is 218 Å². The summed E-state index contributed by atoms with van der Waals surface area (Å²) in [6.07, 6.45) is 9.19. The molecule has 0 aliphatic heterocycles. The largest absolute Gasteiger partial charge is 1.00 e. The second-order valence-corrected chi connectivity index (χ2v) is 14.8. The fourth-order valence-electron chi connectivity index (χ4n) is 4.91. The van der Waals surface area contributed by atoms with Crippen LogP contribution in [0.1, 0.15) is 6.42 Å². The number of hydrogen-bond donors (Lipinski definition) is 0. The van der Waals surface area contributed by atoms with Gasteiger partial charge >= 0.3 is 0 Å². The van der Waals surface area contributed by atoms with E-state index >= 15 is 0 Å². The molecule has 1 aliphatic carbocycles. The second-order valence-electron chi connectivity index (χ2n) is 10.3. The summed E-state index contributed by atoms with van der Waals surface area (Å²) >= 11 is 0. The molecule has 0 radical (unpaired) electrons. The van der Waals surface area contributed by atoms with Crippen molar-refractivity contribution in [1.82, 2.24) is 0 Å². The van der Waals surface area contributed by atoms with Crippen LogP contribution in [0.4, 0.5) is 0 Å². The van der Waals surface area contributed by atoms with E-state index in [4.69, 9.17) is 0 Å². The molecule has 1 aliphatic rings. The standard InChI is InChI=1S/2C18H15P.C7H8.ClH.Pd/c2*1-4-10-16(11-5-1)19(17-12-6-2-7-13-17)18-14-8-3-9-15-18;1-7-5-3-2-4-6-7;;/h2*1-15H;2-5H,1,6H2;1H;/p-1. The Morgan fingerprint density at radius 3 is 0.745 bits per heavy atom. The summed E-state index contributed by atoms with van der Waals surface area (Å²) in [7, 11) is -0.892. The zero-order valence-electron chi connectivity index (χ0n) is 26.1. The summed E-state index contributed by atoms with van der Waals surface area (Å²) in [6, 6.07) is 64.7. The molecule has 0 saturated carbocycles. The van der Waals surface area contributed by atoms with Crippen molar-refractivity contribution in [2.45, 2.75) is 6.42 Å². The molecule has 0 amide bonds. The molecule has 0 N–H and O–H groups in total. The fraction of sp³-hybridized carbons (Fsp3) is 0.0233. The van der Waals surface area contributed by atoms with Crippen molar-refractivity contribution >= 4 is 47.7 Å². The van der Waals surface area contributed by atoms with Crippen LogP contribution in [0, 0.1) is 0 Å². The molecule has 0 spiro atoms. The number of hydrogen-bond acceptors (Lipinski definition) is 0. The molecule has 6 aromatic carbocycles. The van der Waals surface area contributed by atoms with Crippen molar-refractivity contribution in [1.29, 1.82) is 0 Å². The normalized spacial score (nSPS) is 11.2. The molecule has 0 nitrogen and oxygen atoms in total. The van der Waals surface area contributed by atoms with E-state index in [1.165, 1.54) is 37.4 Å². The Kier molecular flexibility index (Phi) is 17.1. The number of rotatable bonds is 6. The third kappa shape index (κ3) is 11.8. The molecule has 238 valence electrons. The predicted molar refractivity (Wildman–Crippen MR) is 202 cm³/mol. The second kappa shape index (κ2) is 21.3. The SMILES string of the molecule is C=C1C=CC=CC1.[Cl-].[Pd].c1ccc(P(c2ccccc2)c2ccccc2)cc1.c1ccc(P(c2ccccc2)c2ccccc2)cc1. The van der Waals surface area contributed by atoms with Crippen LogP contribution in [-0.4, -0.2) is 0 Å². The Balaban J connectivity index is 0.000000205.